The maximum absolute atomic E-state index is 12.8. The molecule has 2 N–H and O–H groups in total. The van der Waals surface area contributed by atoms with Crippen LogP contribution in [0.25, 0.3) is 0 Å². The van der Waals surface area contributed by atoms with Crippen molar-refractivity contribution in [1.29, 1.82) is 0 Å². The second-order valence-corrected chi connectivity index (χ2v) is 14.7. The Morgan fingerprint density at radius 2 is 1.18 bits per heavy atom. The third-order valence-electron chi connectivity index (χ3n) is 6.04. The molecule has 2 saturated heterocycles. The van der Waals surface area contributed by atoms with Crippen molar-refractivity contribution < 1.29 is 19.1 Å². The molecule has 182 valence electrons. The first-order valence-electron chi connectivity index (χ1n) is 12.0. The van der Waals surface area contributed by atoms with Crippen LogP contribution in [0.2, 0.25) is 0 Å². The summed E-state index contributed by atoms with van der Waals surface area (Å²) in [6.45, 7) is 2.93. The fourth-order valence-electron chi connectivity index (χ4n) is 4.17. The minimum atomic E-state index is -0.0218. The Labute approximate surface area is 212 Å². The van der Waals surface area contributed by atoms with Gasteiger partial charge in [-0.15, -0.1) is 0 Å². The van der Waals surface area contributed by atoms with Crippen molar-refractivity contribution in [2.45, 2.75) is 50.7 Å². The van der Waals surface area contributed by atoms with E-state index in [1.54, 1.807) is 0 Å². The van der Waals surface area contributed by atoms with E-state index in [1.807, 2.05) is 48.5 Å². The van der Waals surface area contributed by atoms with Crippen LogP contribution in [0.15, 0.2) is 48.5 Å². The maximum atomic E-state index is 12.8. The second-order valence-electron chi connectivity index (χ2n) is 8.52. The van der Waals surface area contributed by atoms with Gasteiger partial charge in [0.25, 0.3) is 0 Å². The Morgan fingerprint density at radius 3 is 1.59 bits per heavy atom. The van der Waals surface area contributed by atoms with E-state index in [-0.39, 0.29) is 50.3 Å². The normalized spacial score (nSPS) is 19.8. The number of hydrogen-bond donors (Lipinski definition) is 2. The number of carbonyl (C=O) groups is 2. The van der Waals surface area contributed by atoms with Crippen molar-refractivity contribution in [3.63, 3.8) is 0 Å². The SMILES string of the molecule is O=C(NCCC1CCCO1)c1ccccc1[Se][Se]c1ccccc1C(=O)NCCC1CCCO1. The molecular weight excluding hydrogens is 562 g/mol. The van der Waals surface area contributed by atoms with Gasteiger partial charge in [0.1, 0.15) is 0 Å². The van der Waals surface area contributed by atoms with E-state index < -0.39 is 0 Å². The molecule has 8 heteroatoms. The van der Waals surface area contributed by atoms with E-state index in [9.17, 15) is 9.59 Å². The van der Waals surface area contributed by atoms with Crippen LogP contribution >= 0.6 is 0 Å². The Morgan fingerprint density at radius 1 is 0.735 bits per heavy atom. The van der Waals surface area contributed by atoms with Gasteiger partial charge in [0.05, 0.1) is 0 Å². The average Bonchev–Trinajstić information content (AvgIpc) is 3.58. The molecule has 2 aromatic carbocycles. The van der Waals surface area contributed by atoms with Gasteiger partial charge in [-0.05, 0) is 0 Å². The van der Waals surface area contributed by atoms with Gasteiger partial charge in [-0.1, -0.05) is 0 Å². The number of amides is 2. The van der Waals surface area contributed by atoms with Gasteiger partial charge in [0.2, 0.25) is 0 Å². The third-order valence-corrected chi connectivity index (χ3v) is 13.3. The zero-order chi connectivity index (χ0) is 23.6. The van der Waals surface area contributed by atoms with Gasteiger partial charge in [0, 0.05) is 0 Å². The molecule has 0 bridgehead atoms. The van der Waals surface area contributed by atoms with Crippen molar-refractivity contribution in [1.82, 2.24) is 10.6 Å². The first kappa shape index (κ1) is 25.4. The molecule has 0 saturated carbocycles. The van der Waals surface area contributed by atoms with Crippen molar-refractivity contribution in [3.8, 4) is 0 Å². The van der Waals surface area contributed by atoms with Gasteiger partial charge < -0.3 is 0 Å². The standard InChI is InChI=1S/C26H32N2O4Se2/c29-25(27-15-13-19-7-5-17-31-19)21-9-1-3-11-23(21)33-34-24-12-4-2-10-22(24)26(30)28-16-14-20-8-6-18-32-20/h1-4,9-12,19-20H,5-8,13-18H2,(H,27,29)(H,28,30). The number of nitrogens with one attached hydrogen (secondary N) is 2. The molecule has 0 aliphatic carbocycles. The molecular formula is C26H32N2O4Se2. The van der Waals surface area contributed by atoms with Gasteiger partial charge >= 0.3 is 213 Å². The predicted molar refractivity (Wildman–Crippen MR) is 136 cm³/mol. The summed E-state index contributed by atoms with van der Waals surface area (Å²) in [6, 6.07) is 15.7. The average molecular weight is 594 g/mol. The summed E-state index contributed by atoms with van der Waals surface area (Å²) in [4.78, 5) is 25.7. The predicted octanol–water partition coefficient (Wildman–Crippen LogP) is 1.56. The van der Waals surface area contributed by atoms with Gasteiger partial charge in [0.15, 0.2) is 0 Å². The number of ether oxygens (including phenoxy) is 2. The van der Waals surface area contributed by atoms with Gasteiger partial charge in [-0.3, -0.25) is 0 Å². The van der Waals surface area contributed by atoms with Crippen LogP contribution in [0.1, 0.15) is 59.2 Å². The molecule has 2 unspecified atom stereocenters. The van der Waals surface area contributed by atoms with Crippen LogP contribution in [-0.4, -0.2) is 76.6 Å². The summed E-state index contributed by atoms with van der Waals surface area (Å²) in [5.74, 6) is -0.0436. The van der Waals surface area contributed by atoms with Crippen LogP contribution in [0.5, 0.6) is 0 Å². The van der Waals surface area contributed by atoms with Crippen LogP contribution in [0.4, 0.5) is 0 Å². The molecule has 4 rings (SSSR count). The topological polar surface area (TPSA) is 76.7 Å². The first-order chi connectivity index (χ1) is 16.7. The zero-order valence-corrected chi connectivity index (χ0v) is 22.7. The number of hydrogen-bond acceptors (Lipinski definition) is 4. The van der Waals surface area contributed by atoms with E-state index in [0.29, 0.717) is 13.1 Å². The Kier molecular flexibility index (Phi) is 10.0. The molecule has 0 spiro atoms. The van der Waals surface area contributed by atoms with Crippen LogP contribution in [0, 0.1) is 0 Å². The molecule has 6 nitrogen and oxygen atoms in total. The van der Waals surface area contributed by atoms with Gasteiger partial charge in [-0.25, -0.2) is 0 Å². The fraction of sp³-hybridized carbons (Fsp3) is 0.462. The molecule has 2 heterocycles. The summed E-state index contributed by atoms with van der Waals surface area (Å²) in [5, 5.41) is 6.13. The van der Waals surface area contributed by atoms with Crippen LogP contribution in [0.3, 0.4) is 0 Å². The zero-order valence-electron chi connectivity index (χ0n) is 19.3. The van der Waals surface area contributed by atoms with Crippen molar-refractivity contribution in [3.05, 3.63) is 59.7 Å². The van der Waals surface area contributed by atoms with E-state index in [0.717, 1.165) is 71.8 Å². The second kappa shape index (κ2) is 13.4. The number of benzene rings is 2. The Balaban J connectivity index is 1.31. The monoisotopic (exact) mass is 596 g/mol. The first-order valence-corrected chi connectivity index (χ1v) is 18.1. The number of rotatable bonds is 11. The molecule has 2 amide bonds. The molecule has 2 atom stereocenters. The van der Waals surface area contributed by atoms with E-state index in [1.165, 1.54) is 0 Å². The number of carbonyl (C=O) groups excluding carboxylic acids is 2. The molecule has 2 aromatic rings. The van der Waals surface area contributed by atoms with Crippen molar-refractivity contribution >= 4 is 47.0 Å². The van der Waals surface area contributed by atoms with E-state index in [4.69, 9.17) is 9.47 Å². The molecule has 2 aliphatic rings. The summed E-state index contributed by atoms with van der Waals surface area (Å²) in [7, 11) is 0. The third kappa shape index (κ3) is 7.42. The summed E-state index contributed by atoms with van der Waals surface area (Å²) >= 11 is 0.174. The summed E-state index contributed by atoms with van der Waals surface area (Å²) in [5.41, 5.74) is 1.49. The molecule has 0 aromatic heterocycles. The molecule has 0 radical (unpaired) electrons. The Hall–Kier alpha value is -1.66. The quantitative estimate of drug-likeness (QED) is 0.388. The fourth-order valence-corrected chi connectivity index (χ4v) is 11.3. The molecule has 2 aliphatic heterocycles. The van der Waals surface area contributed by atoms with Gasteiger partial charge in [-0.2, -0.15) is 0 Å². The van der Waals surface area contributed by atoms with Crippen molar-refractivity contribution in [2.24, 2.45) is 0 Å². The summed E-state index contributed by atoms with van der Waals surface area (Å²) < 4.78 is 13.5. The molecule has 2 fully saturated rings. The van der Waals surface area contributed by atoms with Crippen LogP contribution < -0.4 is 19.6 Å². The minimum absolute atomic E-state index is 0.0218. The summed E-state index contributed by atoms with van der Waals surface area (Å²) in [6.07, 6.45) is 6.66. The van der Waals surface area contributed by atoms with Crippen LogP contribution in [-0.2, 0) is 9.47 Å². The molecule has 34 heavy (non-hydrogen) atoms. The Bertz CT molecular complexity index is 882. The van der Waals surface area contributed by atoms with Crippen molar-refractivity contribution in [2.75, 3.05) is 26.3 Å². The van der Waals surface area contributed by atoms with E-state index >= 15 is 0 Å². The van der Waals surface area contributed by atoms with E-state index in [2.05, 4.69) is 10.6 Å².